The van der Waals surface area contributed by atoms with Crippen molar-refractivity contribution in [3.8, 4) is 0 Å². The molecule has 4 heteroatoms. The maximum atomic E-state index is 12.9. The topological polar surface area (TPSA) is 15.3 Å². The summed E-state index contributed by atoms with van der Waals surface area (Å²) in [7, 11) is 0. The molecule has 0 bridgehead atoms. The van der Waals surface area contributed by atoms with Crippen LogP contribution in [0.25, 0.3) is 0 Å². The van der Waals surface area contributed by atoms with Crippen molar-refractivity contribution in [1.29, 1.82) is 0 Å². The monoisotopic (exact) mass is 284 g/mol. The lowest BCUT2D eigenvalue weighted by atomic mass is 9.78. The molecule has 19 heavy (non-hydrogen) atoms. The standard InChI is InChI=1S/C15H21FN2.ClH/c16-14-3-1-13(2-4-14)11-18-10-7-15(12-18)5-8-17-9-6-15;/h1-4,17H,5-12H2;1H. The fourth-order valence-electron chi connectivity index (χ4n) is 3.38. The predicted octanol–water partition coefficient (Wildman–Crippen LogP) is 2.82. The molecule has 2 heterocycles. The zero-order chi connectivity index (χ0) is 12.4. The van der Waals surface area contributed by atoms with Gasteiger partial charge < -0.3 is 5.32 Å². The molecule has 0 aliphatic carbocycles. The van der Waals surface area contributed by atoms with Gasteiger partial charge in [-0.05, 0) is 62.0 Å². The van der Waals surface area contributed by atoms with E-state index in [0.717, 1.165) is 6.54 Å². The van der Waals surface area contributed by atoms with E-state index >= 15 is 0 Å². The predicted molar refractivity (Wildman–Crippen MR) is 78.1 cm³/mol. The third-order valence-electron chi connectivity index (χ3n) is 4.50. The van der Waals surface area contributed by atoms with Crippen LogP contribution < -0.4 is 5.32 Å². The fraction of sp³-hybridized carbons (Fsp3) is 0.600. The maximum absolute atomic E-state index is 12.9. The second-order valence-electron chi connectivity index (χ2n) is 5.84. The zero-order valence-corrected chi connectivity index (χ0v) is 12.0. The van der Waals surface area contributed by atoms with Gasteiger partial charge in [0, 0.05) is 13.1 Å². The average Bonchev–Trinajstić information content (AvgIpc) is 2.76. The molecule has 2 fully saturated rings. The summed E-state index contributed by atoms with van der Waals surface area (Å²) in [6.45, 7) is 5.72. The molecule has 106 valence electrons. The summed E-state index contributed by atoms with van der Waals surface area (Å²) in [5.74, 6) is -0.144. The highest BCUT2D eigenvalue weighted by atomic mass is 35.5. The summed E-state index contributed by atoms with van der Waals surface area (Å²) in [6.07, 6.45) is 3.95. The number of likely N-dealkylation sites (tertiary alicyclic amines) is 1. The number of piperidine rings is 1. The minimum absolute atomic E-state index is 0. The molecule has 2 saturated heterocycles. The van der Waals surface area contributed by atoms with Crippen molar-refractivity contribution in [2.75, 3.05) is 26.2 Å². The van der Waals surface area contributed by atoms with E-state index in [0.29, 0.717) is 5.41 Å². The molecule has 1 aromatic rings. The van der Waals surface area contributed by atoms with Crippen LogP contribution in [0.1, 0.15) is 24.8 Å². The van der Waals surface area contributed by atoms with Gasteiger partial charge in [0.05, 0.1) is 0 Å². The lowest BCUT2D eigenvalue weighted by Crippen LogP contribution is -2.38. The summed E-state index contributed by atoms with van der Waals surface area (Å²) in [4.78, 5) is 2.53. The number of nitrogens with zero attached hydrogens (tertiary/aromatic N) is 1. The molecular weight excluding hydrogens is 263 g/mol. The van der Waals surface area contributed by atoms with E-state index in [1.807, 2.05) is 12.1 Å². The van der Waals surface area contributed by atoms with Crippen molar-refractivity contribution in [2.45, 2.75) is 25.8 Å². The van der Waals surface area contributed by atoms with Gasteiger partial charge in [-0.25, -0.2) is 4.39 Å². The average molecular weight is 285 g/mol. The molecule has 0 radical (unpaired) electrons. The van der Waals surface area contributed by atoms with E-state index in [1.54, 1.807) is 12.1 Å². The quantitative estimate of drug-likeness (QED) is 0.898. The molecule has 0 aromatic heterocycles. The number of benzene rings is 1. The molecule has 2 nitrogen and oxygen atoms in total. The maximum Gasteiger partial charge on any atom is 0.123 e. The van der Waals surface area contributed by atoms with Crippen molar-refractivity contribution in [3.63, 3.8) is 0 Å². The van der Waals surface area contributed by atoms with Crippen LogP contribution in [-0.4, -0.2) is 31.1 Å². The summed E-state index contributed by atoms with van der Waals surface area (Å²) in [5.41, 5.74) is 1.79. The van der Waals surface area contributed by atoms with E-state index < -0.39 is 0 Å². The van der Waals surface area contributed by atoms with Gasteiger partial charge in [-0.1, -0.05) is 12.1 Å². The molecule has 1 spiro atoms. The second-order valence-corrected chi connectivity index (χ2v) is 5.84. The largest absolute Gasteiger partial charge is 0.317 e. The van der Waals surface area contributed by atoms with Crippen LogP contribution in [0.3, 0.4) is 0 Å². The molecule has 0 amide bonds. The second kappa shape index (κ2) is 6.21. The van der Waals surface area contributed by atoms with Gasteiger partial charge in [-0.15, -0.1) is 12.4 Å². The molecule has 0 unspecified atom stereocenters. The normalized spacial score (nSPS) is 22.4. The highest BCUT2D eigenvalue weighted by Gasteiger charge is 2.38. The van der Waals surface area contributed by atoms with E-state index in [2.05, 4.69) is 10.2 Å². The van der Waals surface area contributed by atoms with Crippen molar-refractivity contribution in [1.82, 2.24) is 10.2 Å². The molecule has 0 saturated carbocycles. The zero-order valence-electron chi connectivity index (χ0n) is 11.2. The van der Waals surface area contributed by atoms with Crippen molar-refractivity contribution in [3.05, 3.63) is 35.6 Å². The number of hydrogen-bond acceptors (Lipinski definition) is 2. The molecule has 2 aliphatic heterocycles. The van der Waals surface area contributed by atoms with Crippen molar-refractivity contribution >= 4 is 12.4 Å². The summed E-state index contributed by atoms with van der Waals surface area (Å²) >= 11 is 0. The summed E-state index contributed by atoms with van der Waals surface area (Å²) < 4.78 is 12.9. The van der Waals surface area contributed by atoms with Gasteiger partial charge in [0.2, 0.25) is 0 Å². The van der Waals surface area contributed by atoms with Gasteiger partial charge in [0.15, 0.2) is 0 Å². The molecule has 3 rings (SSSR count). The van der Waals surface area contributed by atoms with Crippen LogP contribution >= 0.6 is 12.4 Å². The van der Waals surface area contributed by atoms with Gasteiger partial charge in [0.1, 0.15) is 5.82 Å². The van der Waals surface area contributed by atoms with E-state index in [4.69, 9.17) is 0 Å². The Morgan fingerprint density at radius 2 is 1.79 bits per heavy atom. The Bertz CT molecular complexity index is 401. The molecular formula is C15H22ClFN2. The highest BCUT2D eigenvalue weighted by Crippen LogP contribution is 2.38. The first-order valence-corrected chi connectivity index (χ1v) is 6.93. The van der Waals surface area contributed by atoms with Gasteiger partial charge in [0.25, 0.3) is 0 Å². The molecule has 2 aliphatic rings. The van der Waals surface area contributed by atoms with E-state index in [-0.39, 0.29) is 18.2 Å². The minimum Gasteiger partial charge on any atom is -0.317 e. The Hall–Kier alpha value is -0.640. The van der Waals surface area contributed by atoms with E-state index in [9.17, 15) is 4.39 Å². The van der Waals surface area contributed by atoms with Crippen LogP contribution in [0.15, 0.2) is 24.3 Å². The number of hydrogen-bond donors (Lipinski definition) is 1. The summed E-state index contributed by atoms with van der Waals surface area (Å²) in [5, 5.41) is 3.45. The Balaban J connectivity index is 0.00000133. The first kappa shape index (κ1) is 14.8. The van der Waals surface area contributed by atoms with Crippen LogP contribution in [0, 0.1) is 11.2 Å². The Kier molecular flexibility index (Phi) is 4.82. The Morgan fingerprint density at radius 3 is 2.47 bits per heavy atom. The van der Waals surface area contributed by atoms with Gasteiger partial charge in [-0.3, -0.25) is 4.90 Å². The SMILES string of the molecule is Cl.Fc1ccc(CN2CCC3(CCNCC3)C2)cc1. The van der Waals surface area contributed by atoms with Crippen LogP contribution in [0.5, 0.6) is 0 Å². The molecule has 1 N–H and O–H groups in total. The highest BCUT2D eigenvalue weighted by molar-refractivity contribution is 5.85. The number of nitrogens with one attached hydrogen (secondary N) is 1. The van der Waals surface area contributed by atoms with Gasteiger partial charge >= 0.3 is 0 Å². The van der Waals surface area contributed by atoms with Crippen LogP contribution in [0.2, 0.25) is 0 Å². The lowest BCUT2D eigenvalue weighted by molar-refractivity contribution is 0.194. The van der Waals surface area contributed by atoms with Crippen molar-refractivity contribution in [2.24, 2.45) is 5.41 Å². The third-order valence-corrected chi connectivity index (χ3v) is 4.50. The number of rotatable bonds is 2. The first-order valence-electron chi connectivity index (χ1n) is 6.93. The Labute approximate surface area is 120 Å². The fourth-order valence-corrected chi connectivity index (χ4v) is 3.38. The molecule has 1 aromatic carbocycles. The van der Waals surface area contributed by atoms with Crippen LogP contribution in [-0.2, 0) is 6.54 Å². The van der Waals surface area contributed by atoms with Crippen molar-refractivity contribution < 1.29 is 4.39 Å². The Morgan fingerprint density at radius 1 is 1.11 bits per heavy atom. The van der Waals surface area contributed by atoms with Crippen LogP contribution in [0.4, 0.5) is 4.39 Å². The smallest absolute Gasteiger partial charge is 0.123 e. The third kappa shape index (κ3) is 3.47. The minimum atomic E-state index is -0.144. The first-order chi connectivity index (χ1) is 8.76. The molecule has 0 atom stereocenters. The van der Waals surface area contributed by atoms with Gasteiger partial charge in [-0.2, -0.15) is 0 Å². The lowest BCUT2D eigenvalue weighted by Gasteiger charge is -2.33. The van der Waals surface area contributed by atoms with E-state index in [1.165, 1.54) is 51.0 Å². The summed E-state index contributed by atoms with van der Waals surface area (Å²) in [6, 6.07) is 6.93. The number of halogens is 2.